The highest BCUT2D eigenvalue weighted by molar-refractivity contribution is 7.99. The Balaban J connectivity index is 1.56. The van der Waals surface area contributed by atoms with Crippen LogP contribution in [0.3, 0.4) is 0 Å². The third-order valence-electron chi connectivity index (χ3n) is 4.88. The minimum absolute atomic E-state index is 0.205. The van der Waals surface area contributed by atoms with E-state index in [0.29, 0.717) is 11.0 Å². The molecule has 0 amide bonds. The van der Waals surface area contributed by atoms with Crippen LogP contribution in [0.2, 0.25) is 0 Å². The van der Waals surface area contributed by atoms with Crippen LogP contribution in [0.5, 0.6) is 0 Å². The Hall–Kier alpha value is -2.20. The number of rotatable bonds is 8. The van der Waals surface area contributed by atoms with E-state index in [9.17, 15) is 8.42 Å². The van der Waals surface area contributed by atoms with Crippen molar-refractivity contribution in [1.82, 2.24) is 19.7 Å². The van der Waals surface area contributed by atoms with Crippen LogP contribution in [0.1, 0.15) is 5.82 Å². The molecule has 0 unspecified atom stereocenters. The average molecular weight is 445 g/mol. The molecule has 0 spiro atoms. The predicted molar refractivity (Wildman–Crippen MR) is 117 cm³/mol. The molecule has 0 atom stereocenters. The van der Waals surface area contributed by atoms with Crippen LogP contribution < -0.4 is 0 Å². The van der Waals surface area contributed by atoms with Crippen molar-refractivity contribution in [3.63, 3.8) is 0 Å². The number of hydrogen-bond acceptors (Lipinski definition) is 7. The summed E-state index contributed by atoms with van der Waals surface area (Å²) in [6.45, 7) is 4.34. The molecule has 0 radical (unpaired) electrons. The summed E-state index contributed by atoms with van der Waals surface area (Å²) in [7, 11) is -3.52. The van der Waals surface area contributed by atoms with Gasteiger partial charge in [-0.25, -0.2) is 8.42 Å². The summed E-state index contributed by atoms with van der Waals surface area (Å²) in [5.74, 6) is 1.05. The largest absolute Gasteiger partial charge is 0.379 e. The Morgan fingerprint density at radius 2 is 1.60 bits per heavy atom. The van der Waals surface area contributed by atoms with E-state index in [0.717, 1.165) is 44.3 Å². The van der Waals surface area contributed by atoms with Gasteiger partial charge in [-0.15, -0.1) is 10.2 Å². The van der Waals surface area contributed by atoms with Gasteiger partial charge in [-0.1, -0.05) is 48.2 Å². The average Bonchev–Trinajstić information content (AvgIpc) is 3.17. The van der Waals surface area contributed by atoms with E-state index in [2.05, 4.69) is 15.1 Å². The monoisotopic (exact) mass is 444 g/mol. The Kier molecular flexibility index (Phi) is 6.83. The number of benzene rings is 2. The van der Waals surface area contributed by atoms with E-state index in [4.69, 9.17) is 4.74 Å². The van der Waals surface area contributed by atoms with Crippen molar-refractivity contribution >= 4 is 21.6 Å². The quantitative estimate of drug-likeness (QED) is 0.494. The van der Waals surface area contributed by atoms with E-state index in [1.165, 1.54) is 0 Å². The van der Waals surface area contributed by atoms with Crippen molar-refractivity contribution in [2.24, 2.45) is 0 Å². The van der Waals surface area contributed by atoms with Crippen LogP contribution in [0, 0.1) is 0 Å². The first-order valence-electron chi connectivity index (χ1n) is 9.84. The molecule has 0 N–H and O–H groups in total. The van der Waals surface area contributed by atoms with Crippen molar-refractivity contribution < 1.29 is 13.2 Å². The number of morpholine rings is 1. The van der Waals surface area contributed by atoms with Gasteiger partial charge < -0.3 is 4.74 Å². The maximum atomic E-state index is 12.9. The highest BCUT2D eigenvalue weighted by Crippen LogP contribution is 2.25. The van der Waals surface area contributed by atoms with Crippen molar-refractivity contribution in [2.45, 2.75) is 15.8 Å². The number of para-hydroxylation sites is 1. The lowest BCUT2D eigenvalue weighted by Crippen LogP contribution is -2.37. The van der Waals surface area contributed by atoms with Gasteiger partial charge in [-0.3, -0.25) is 9.47 Å². The highest BCUT2D eigenvalue weighted by atomic mass is 32.2. The van der Waals surface area contributed by atoms with Gasteiger partial charge in [-0.2, -0.15) is 0 Å². The standard InChI is InChI=1S/C21H24N4O3S2/c26-30(27,19-9-5-2-6-10-19)17-20-22-23-21(25(20)18-7-3-1-4-8-18)29-16-13-24-11-14-28-15-12-24/h1-10H,11-17H2. The second-order valence-corrected chi connectivity index (χ2v) is 10.00. The zero-order valence-electron chi connectivity index (χ0n) is 16.6. The molecule has 1 aliphatic heterocycles. The lowest BCUT2D eigenvalue weighted by Gasteiger charge is -2.26. The maximum Gasteiger partial charge on any atom is 0.195 e. The van der Waals surface area contributed by atoms with E-state index in [1.807, 2.05) is 34.9 Å². The van der Waals surface area contributed by atoms with E-state index < -0.39 is 9.84 Å². The number of hydrogen-bond donors (Lipinski definition) is 0. The van der Waals surface area contributed by atoms with Gasteiger partial charge in [0.2, 0.25) is 0 Å². The smallest absolute Gasteiger partial charge is 0.195 e. The second-order valence-electron chi connectivity index (χ2n) is 6.94. The molecule has 2 heterocycles. The number of sulfone groups is 1. The normalized spacial score (nSPS) is 15.3. The Bertz CT molecular complexity index is 1050. The van der Waals surface area contributed by atoms with E-state index >= 15 is 0 Å². The van der Waals surface area contributed by atoms with Crippen molar-refractivity contribution in [2.75, 3.05) is 38.6 Å². The van der Waals surface area contributed by atoms with Crippen LogP contribution >= 0.6 is 11.8 Å². The number of nitrogens with zero attached hydrogens (tertiary/aromatic N) is 4. The fourth-order valence-corrected chi connectivity index (χ4v) is 5.53. The number of thioether (sulfide) groups is 1. The molecule has 158 valence electrons. The first kappa shape index (κ1) is 21.0. The molecule has 0 aliphatic carbocycles. The molecular formula is C21H24N4O3S2. The van der Waals surface area contributed by atoms with Crippen molar-refractivity contribution in [3.05, 3.63) is 66.5 Å². The van der Waals surface area contributed by atoms with Crippen LogP contribution in [0.4, 0.5) is 0 Å². The topological polar surface area (TPSA) is 77.3 Å². The summed E-state index contributed by atoms with van der Waals surface area (Å²) in [6, 6.07) is 18.1. The third kappa shape index (κ3) is 5.10. The first-order chi connectivity index (χ1) is 14.6. The summed E-state index contributed by atoms with van der Waals surface area (Å²) >= 11 is 1.59. The molecule has 4 rings (SSSR count). The number of ether oxygens (including phenoxy) is 1. The summed E-state index contributed by atoms with van der Waals surface area (Å²) in [6.07, 6.45) is 0. The van der Waals surface area contributed by atoms with Gasteiger partial charge in [0.25, 0.3) is 0 Å². The van der Waals surface area contributed by atoms with Gasteiger partial charge in [0.15, 0.2) is 20.8 Å². The highest BCUT2D eigenvalue weighted by Gasteiger charge is 2.22. The predicted octanol–water partition coefficient (Wildman–Crippen LogP) is 2.67. The van der Waals surface area contributed by atoms with Gasteiger partial charge in [0.1, 0.15) is 5.75 Å². The molecular weight excluding hydrogens is 420 g/mol. The lowest BCUT2D eigenvalue weighted by molar-refractivity contribution is 0.0410. The second kappa shape index (κ2) is 9.74. The molecule has 1 saturated heterocycles. The van der Waals surface area contributed by atoms with Gasteiger partial charge >= 0.3 is 0 Å². The summed E-state index contributed by atoms with van der Waals surface area (Å²) in [4.78, 5) is 2.65. The fraction of sp³-hybridized carbons (Fsp3) is 0.333. The summed E-state index contributed by atoms with van der Waals surface area (Å²) < 4.78 is 33.1. The summed E-state index contributed by atoms with van der Waals surface area (Å²) in [5, 5.41) is 9.27. The number of aromatic nitrogens is 3. The molecule has 9 heteroatoms. The van der Waals surface area contributed by atoms with Crippen LogP contribution in [-0.4, -0.2) is 66.7 Å². The van der Waals surface area contributed by atoms with Crippen LogP contribution in [0.25, 0.3) is 5.69 Å². The molecule has 2 aromatic carbocycles. The minimum atomic E-state index is -3.52. The first-order valence-corrected chi connectivity index (χ1v) is 12.5. The van der Waals surface area contributed by atoms with Crippen LogP contribution in [-0.2, 0) is 20.3 Å². The molecule has 1 fully saturated rings. The van der Waals surface area contributed by atoms with E-state index in [1.54, 1.807) is 42.1 Å². The van der Waals surface area contributed by atoms with Gasteiger partial charge in [0, 0.05) is 31.1 Å². The Morgan fingerprint density at radius 1 is 0.933 bits per heavy atom. The van der Waals surface area contributed by atoms with Crippen molar-refractivity contribution in [1.29, 1.82) is 0 Å². The molecule has 0 saturated carbocycles. The Morgan fingerprint density at radius 3 is 2.30 bits per heavy atom. The molecule has 0 bridgehead atoms. The zero-order chi connectivity index (χ0) is 20.8. The molecule has 1 aromatic heterocycles. The fourth-order valence-electron chi connectivity index (χ4n) is 3.30. The molecule has 30 heavy (non-hydrogen) atoms. The molecule has 7 nitrogen and oxygen atoms in total. The third-order valence-corrected chi connectivity index (χ3v) is 7.42. The van der Waals surface area contributed by atoms with Gasteiger partial charge in [0.05, 0.1) is 18.1 Å². The molecule has 1 aliphatic rings. The minimum Gasteiger partial charge on any atom is -0.379 e. The zero-order valence-corrected chi connectivity index (χ0v) is 18.2. The lowest BCUT2D eigenvalue weighted by atomic mass is 10.3. The molecule has 3 aromatic rings. The van der Waals surface area contributed by atoms with E-state index in [-0.39, 0.29) is 10.6 Å². The van der Waals surface area contributed by atoms with Gasteiger partial charge in [-0.05, 0) is 24.3 Å². The maximum absolute atomic E-state index is 12.9. The Labute approximate surface area is 181 Å². The van der Waals surface area contributed by atoms with Crippen LogP contribution in [0.15, 0.2) is 70.7 Å². The summed E-state index contributed by atoms with van der Waals surface area (Å²) in [5.41, 5.74) is 0.856. The van der Waals surface area contributed by atoms with Crippen molar-refractivity contribution in [3.8, 4) is 5.69 Å². The SMILES string of the molecule is O=S(=O)(Cc1nnc(SCCN2CCOCC2)n1-c1ccccc1)c1ccccc1.